The van der Waals surface area contributed by atoms with Gasteiger partial charge in [0.05, 0.1) is 30.5 Å². The van der Waals surface area contributed by atoms with Gasteiger partial charge in [-0.15, -0.1) is 0 Å². The number of nitrogens with one attached hydrogen (secondary N) is 2. The summed E-state index contributed by atoms with van der Waals surface area (Å²) in [6.07, 6.45) is 5.35. The van der Waals surface area contributed by atoms with Crippen LogP contribution in [0.4, 0.5) is 11.5 Å². The van der Waals surface area contributed by atoms with Crippen molar-refractivity contribution in [1.82, 2.24) is 19.9 Å². The first-order valence-electron chi connectivity index (χ1n) is 11.9. The zero-order valence-electron chi connectivity index (χ0n) is 19.9. The van der Waals surface area contributed by atoms with Crippen LogP contribution in [0.5, 0.6) is 5.75 Å². The van der Waals surface area contributed by atoms with Crippen molar-refractivity contribution in [3.63, 3.8) is 0 Å². The normalized spacial score (nSPS) is 16.1. The average molecular weight is 503 g/mol. The summed E-state index contributed by atoms with van der Waals surface area (Å²) in [6.45, 7) is 1.16. The van der Waals surface area contributed by atoms with E-state index in [1.165, 1.54) is 6.33 Å². The highest BCUT2D eigenvalue weighted by Gasteiger charge is 2.29. The molecule has 0 spiro atoms. The number of imidazole rings is 1. The van der Waals surface area contributed by atoms with Gasteiger partial charge in [0.2, 0.25) is 11.8 Å². The van der Waals surface area contributed by atoms with Crippen molar-refractivity contribution in [2.75, 3.05) is 23.4 Å². The first-order valence-corrected chi connectivity index (χ1v) is 11.9. The third-order valence-corrected chi connectivity index (χ3v) is 6.46. The molecule has 1 fully saturated rings. The van der Waals surface area contributed by atoms with Gasteiger partial charge in [0, 0.05) is 17.5 Å². The summed E-state index contributed by atoms with van der Waals surface area (Å²) in [5.41, 5.74) is 12.8. The standard InChI is InChI=1S/C25H26N8O4/c26-17(9-20(27)35)25(36)32-18-7-6-14-3-1-5-19(21(14)16(18)10-34)37-11-15-4-2-8-33(15)24-22-23(29-12-28-22)30-13-31-24/h1,3,5-7,10,12-13,15,17H,2,4,8-9,11,26H2,(H2,27,35)(H,32,36)(H,28,29,30,31)/t15-,17-/m1/s1. The molecule has 190 valence electrons. The minimum atomic E-state index is -1.13. The minimum absolute atomic E-state index is 0.0411. The third kappa shape index (κ3) is 4.78. The quantitative estimate of drug-likeness (QED) is 0.246. The summed E-state index contributed by atoms with van der Waals surface area (Å²) in [4.78, 5) is 54.0. The van der Waals surface area contributed by atoms with Gasteiger partial charge < -0.3 is 31.4 Å². The fraction of sp³-hybridized carbons (Fsp3) is 0.280. The number of aromatic nitrogens is 4. The maximum Gasteiger partial charge on any atom is 0.241 e. The molecule has 12 nitrogen and oxygen atoms in total. The van der Waals surface area contributed by atoms with Crippen molar-refractivity contribution in [3.8, 4) is 5.75 Å². The summed E-state index contributed by atoms with van der Waals surface area (Å²) in [6, 6.07) is 7.80. The lowest BCUT2D eigenvalue weighted by Crippen LogP contribution is -2.39. The predicted octanol–water partition coefficient (Wildman–Crippen LogP) is 1.51. The van der Waals surface area contributed by atoms with E-state index in [9.17, 15) is 14.4 Å². The molecule has 1 saturated heterocycles. The molecule has 2 aromatic carbocycles. The molecule has 3 heterocycles. The molecule has 4 aromatic rings. The predicted molar refractivity (Wildman–Crippen MR) is 137 cm³/mol. The molecule has 0 saturated carbocycles. The van der Waals surface area contributed by atoms with Gasteiger partial charge in [0.15, 0.2) is 17.8 Å². The smallest absolute Gasteiger partial charge is 0.241 e. The Kier molecular flexibility index (Phi) is 6.64. The first-order chi connectivity index (χ1) is 18.0. The number of ether oxygens (including phenoxy) is 1. The number of nitrogens with zero attached hydrogens (tertiary/aromatic N) is 4. The number of rotatable bonds is 9. The number of carbonyl (C=O) groups is 3. The molecule has 37 heavy (non-hydrogen) atoms. The zero-order chi connectivity index (χ0) is 25.9. The van der Waals surface area contributed by atoms with E-state index in [2.05, 4.69) is 30.2 Å². The maximum atomic E-state index is 12.5. The lowest BCUT2D eigenvalue weighted by atomic mass is 10.0. The van der Waals surface area contributed by atoms with Gasteiger partial charge in [-0.25, -0.2) is 15.0 Å². The molecule has 0 bridgehead atoms. The zero-order valence-corrected chi connectivity index (χ0v) is 19.9. The Bertz CT molecular complexity index is 1490. The van der Waals surface area contributed by atoms with E-state index in [1.54, 1.807) is 24.5 Å². The molecule has 2 amide bonds. The molecule has 6 N–H and O–H groups in total. The van der Waals surface area contributed by atoms with Crippen LogP contribution in [0.15, 0.2) is 43.0 Å². The van der Waals surface area contributed by atoms with Crippen LogP contribution in [0, 0.1) is 0 Å². The molecular weight excluding hydrogens is 476 g/mol. The highest BCUT2D eigenvalue weighted by Crippen LogP contribution is 2.34. The van der Waals surface area contributed by atoms with E-state index in [1.807, 2.05) is 12.1 Å². The fourth-order valence-corrected chi connectivity index (χ4v) is 4.70. The van der Waals surface area contributed by atoms with E-state index in [0.717, 1.165) is 30.6 Å². The molecule has 0 aliphatic carbocycles. The number of carbonyl (C=O) groups excluding carboxylic acids is 3. The van der Waals surface area contributed by atoms with Gasteiger partial charge >= 0.3 is 0 Å². The lowest BCUT2D eigenvalue weighted by Gasteiger charge is -2.26. The Morgan fingerprint density at radius 1 is 1.24 bits per heavy atom. The average Bonchev–Trinajstić information content (AvgIpc) is 3.56. The van der Waals surface area contributed by atoms with E-state index in [-0.39, 0.29) is 23.7 Å². The number of H-pyrrole nitrogens is 1. The topological polar surface area (TPSA) is 182 Å². The number of aldehydes is 1. The third-order valence-electron chi connectivity index (χ3n) is 6.46. The van der Waals surface area contributed by atoms with Gasteiger partial charge in [-0.2, -0.15) is 0 Å². The van der Waals surface area contributed by atoms with Crippen molar-refractivity contribution in [1.29, 1.82) is 0 Å². The SMILES string of the molecule is NC(=O)C[C@@H](N)C(=O)Nc1ccc2cccc(OC[C@H]3CCCN3c3ncnc4[nH]cnc34)c2c1C=O. The lowest BCUT2D eigenvalue weighted by molar-refractivity contribution is -0.123. The van der Waals surface area contributed by atoms with E-state index >= 15 is 0 Å². The number of nitrogens with two attached hydrogens (primary N) is 2. The van der Waals surface area contributed by atoms with Crippen LogP contribution in [-0.4, -0.2) is 63.3 Å². The Hall–Kier alpha value is -4.58. The summed E-state index contributed by atoms with van der Waals surface area (Å²) in [5.74, 6) is -0.0445. The summed E-state index contributed by atoms with van der Waals surface area (Å²) in [5, 5.41) is 3.98. The van der Waals surface area contributed by atoms with E-state index in [0.29, 0.717) is 35.2 Å². The fourth-order valence-electron chi connectivity index (χ4n) is 4.70. The number of fused-ring (bicyclic) bond motifs is 2. The number of aromatic amines is 1. The summed E-state index contributed by atoms with van der Waals surface area (Å²) >= 11 is 0. The second kappa shape index (κ2) is 10.2. The molecular formula is C25H26N8O4. The number of hydrogen-bond donors (Lipinski definition) is 4. The van der Waals surface area contributed by atoms with Crippen LogP contribution in [0.1, 0.15) is 29.6 Å². The molecule has 2 aromatic heterocycles. The first kappa shape index (κ1) is 24.1. The molecule has 5 rings (SSSR count). The van der Waals surface area contributed by atoms with Crippen molar-refractivity contribution in [3.05, 3.63) is 48.5 Å². The number of hydrogen-bond acceptors (Lipinski definition) is 9. The van der Waals surface area contributed by atoms with Gasteiger partial charge in [-0.3, -0.25) is 14.4 Å². The van der Waals surface area contributed by atoms with E-state index in [4.69, 9.17) is 16.2 Å². The minimum Gasteiger partial charge on any atom is -0.491 e. The number of anilines is 2. The van der Waals surface area contributed by atoms with Crippen LogP contribution in [0.2, 0.25) is 0 Å². The van der Waals surface area contributed by atoms with Gasteiger partial charge in [-0.05, 0) is 30.4 Å². The second-order valence-corrected chi connectivity index (χ2v) is 8.86. The van der Waals surface area contributed by atoms with Crippen LogP contribution in [-0.2, 0) is 9.59 Å². The van der Waals surface area contributed by atoms with Crippen LogP contribution < -0.4 is 26.4 Å². The number of benzene rings is 2. The van der Waals surface area contributed by atoms with Crippen molar-refractivity contribution < 1.29 is 19.1 Å². The molecule has 2 atom stereocenters. The van der Waals surface area contributed by atoms with E-state index < -0.39 is 17.9 Å². The Labute approximate surface area is 211 Å². The van der Waals surface area contributed by atoms with Gasteiger partial charge in [0.25, 0.3) is 0 Å². The number of amides is 2. The Morgan fingerprint density at radius 3 is 2.92 bits per heavy atom. The van der Waals surface area contributed by atoms with Crippen LogP contribution in [0.25, 0.3) is 21.9 Å². The van der Waals surface area contributed by atoms with Crippen molar-refractivity contribution in [2.24, 2.45) is 11.5 Å². The molecule has 1 aliphatic heterocycles. The monoisotopic (exact) mass is 502 g/mol. The van der Waals surface area contributed by atoms with Gasteiger partial charge in [-0.1, -0.05) is 18.2 Å². The highest BCUT2D eigenvalue weighted by molar-refractivity contribution is 6.10. The summed E-state index contributed by atoms with van der Waals surface area (Å²) in [7, 11) is 0. The second-order valence-electron chi connectivity index (χ2n) is 8.86. The largest absolute Gasteiger partial charge is 0.491 e. The maximum absolute atomic E-state index is 12.5. The van der Waals surface area contributed by atoms with Crippen molar-refractivity contribution >= 4 is 51.5 Å². The Balaban J connectivity index is 1.40. The summed E-state index contributed by atoms with van der Waals surface area (Å²) < 4.78 is 6.28. The Morgan fingerprint density at radius 2 is 2.11 bits per heavy atom. The van der Waals surface area contributed by atoms with Gasteiger partial charge in [0.1, 0.15) is 24.2 Å². The molecule has 0 unspecified atom stereocenters. The van der Waals surface area contributed by atoms with Crippen LogP contribution in [0.3, 0.4) is 0 Å². The molecule has 0 radical (unpaired) electrons. The number of primary amides is 1. The molecule has 12 heteroatoms. The van der Waals surface area contributed by atoms with Crippen molar-refractivity contribution in [2.45, 2.75) is 31.3 Å². The molecule has 1 aliphatic rings. The van der Waals surface area contributed by atoms with Crippen LogP contribution >= 0.6 is 0 Å². The highest BCUT2D eigenvalue weighted by atomic mass is 16.5.